The highest BCUT2D eigenvalue weighted by Crippen LogP contribution is 2.28. The summed E-state index contributed by atoms with van der Waals surface area (Å²) in [6, 6.07) is 1.55. The third kappa shape index (κ3) is 6.26. The van der Waals surface area contributed by atoms with Crippen molar-refractivity contribution in [2.24, 2.45) is 0 Å². The minimum Gasteiger partial charge on any atom is -0.385 e. The second-order valence-corrected chi connectivity index (χ2v) is 10.7. The highest BCUT2D eigenvalue weighted by Gasteiger charge is 2.33. The number of hydrogen-bond acceptors (Lipinski definition) is 7. The Balaban J connectivity index is 1.54. The molecule has 1 aromatic rings. The molecule has 0 aliphatic carbocycles. The summed E-state index contributed by atoms with van der Waals surface area (Å²) >= 11 is 1.18. The minimum absolute atomic E-state index is 0.0379. The maximum absolute atomic E-state index is 13.1. The van der Waals surface area contributed by atoms with Crippen LogP contribution >= 0.6 is 11.3 Å². The SMILES string of the molecule is COCCCNC(=O)CN1CCN(C(=O)c2sccc2S(=O)(=O)N2CCCCC2)CC1. The fourth-order valence-corrected chi connectivity index (χ4v) is 6.74. The van der Waals surface area contributed by atoms with Crippen molar-refractivity contribution in [2.45, 2.75) is 30.6 Å². The quantitative estimate of drug-likeness (QED) is 0.535. The van der Waals surface area contributed by atoms with Gasteiger partial charge in [-0.2, -0.15) is 4.31 Å². The normalized spacial score (nSPS) is 18.8. The summed E-state index contributed by atoms with van der Waals surface area (Å²) < 4.78 is 32.6. The zero-order chi connectivity index (χ0) is 22.3. The van der Waals surface area contributed by atoms with E-state index in [-0.39, 0.29) is 21.6 Å². The first-order valence-corrected chi connectivity index (χ1v) is 13.1. The molecule has 1 aromatic heterocycles. The van der Waals surface area contributed by atoms with Crippen LogP contribution in [0.4, 0.5) is 0 Å². The molecule has 0 radical (unpaired) electrons. The van der Waals surface area contributed by atoms with Gasteiger partial charge in [0.2, 0.25) is 15.9 Å². The minimum atomic E-state index is -3.65. The molecular formula is C20H32N4O5S2. The van der Waals surface area contributed by atoms with Crippen LogP contribution in [0.1, 0.15) is 35.4 Å². The number of ether oxygens (including phenoxy) is 1. The monoisotopic (exact) mass is 472 g/mol. The Bertz CT molecular complexity index is 844. The highest BCUT2D eigenvalue weighted by molar-refractivity contribution is 7.89. The zero-order valence-corrected chi connectivity index (χ0v) is 19.7. The molecule has 0 atom stereocenters. The predicted octanol–water partition coefficient (Wildman–Crippen LogP) is 0.833. The zero-order valence-electron chi connectivity index (χ0n) is 18.0. The standard InChI is InChI=1S/C20H32N4O5S2/c1-29-14-5-7-21-18(25)16-22-10-12-23(13-11-22)20(26)19-17(6-15-30-19)31(27,28)24-8-3-2-4-9-24/h6,15H,2-5,7-14,16H2,1H3,(H,21,25). The molecule has 2 fully saturated rings. The van der Waals surface area contributed by atoms with Crippen molar-refractivity contribution in [3.05, 3.63) is 16.3 Å². The molecule has 0 bridgehead atoms. The lowest BCUT2D eigenvalue weighted by molar-refractivity contribution is -0.122. The average Bonchev–Trinajstić information content (AvgIpc) is 3.28. The first-order valence-electron chi connectivity index (χ1n) is 10.8. The van der Waals surface area contributed by atoms with Gasteiger partial charge in [0.15, 0.2) is 0 Å². The molecule has 2 saturated heterocycles. The van der Waals surface area contributed by atoms with Gasteiger partial charge in [0.05, 0.1) is 6.54 Å². The van der Waals surface area contributed by atoms with E-state index in [4.69, 9.17) is 4.74 Å². The Kier molecular flexibility index (Phi) is 8.85. The van der Waals surface area contributed by atoms with E-state index >= 15 is 0 Å². The fourth-order valence-electron chi connectivity index (χ4n) is 3.86. The number of methoxy groups -OCH3 is 1. The van der Waals surface area contributed by atoms with Crippen molar-refractivity contribution in [2.75, 3.05) is 66.1 Å². The van der Waals surface area contributed by atoms with Gasteiger partial charge >= 0.3 is 0 Å². The maximum Gasteiger partial charge on any atom is 0.265 e. The molecule has 0 spiro atoms. The van der Waals surface area contributed by atoms with Crippen LogP contribution in [-0.4, -0.2) is 100 Å². The molecule has 11 heteroatoms. The highest BCUT2D eigenvalue weighted by atomic mass is 32.2. The first-order chi connectivity index (χ1) is 14.9. The van der Waals surface area contributed by atoms with Crippen molar-refractivity contribution in [1.29, 1.82) is 0 Å². The lowest BCUT2D eigenvalue weighted by atomic mass is 10.2. The summed E-state index contributed by atoms with van der Waals surface area (Å²) in [5.41, 5.74) is 0. The second kappa shape index (κ2) is 11.4. The fraction of sp³-hybridized carbons (Fsp3) is 0.700. The van der Waals surface area contributed by atoms with Gasteiger partial charge in [-0.15, -0.1) is 11.3 Å². The van der Waals surface area contributed by atoms with Crippen molar-refractivity contribution < 1.29 is 22.7 Å². The molecular weight excluding hydrogens is 440 g/mol. The summed E-state index contributed by atoms with van der Waals surface area (Å²) in [5, 5.41) is 4.54. The van der Waals surface area contributed by atoms with Gasteiger partial charge in [-0.25, -0.2) is 8.42 Å². The molecule has 2 aliphatic rings. The van der Waals surface area contributed by atoms with Crippen LogP contribution in [-0.2, 0) is 19.6 Å². The Morgan fingerprint density at radius 2 is 1.81 bits per heavy atom. The summed E-state index contributed by atoms with van der Waals surface area (Å²) in [6.07, 6.45) is 3.52. The molecule has 174 valence electrons. The predicted molar refractivity (Wildman–Crippen MR) is 119 cm³/mol. The Morgan fingerprint density at radius 1 is 1.10 bits per heavy atom. The summed E-state index contributed by atoms with van der Waals surface area (Å²) in [4.78, 5) is 29.2. The number of nitrogens with one attached hydrogen (secondary N) is 1. The molecule has 3 rings (SSSR count). The van der Waals surface area contributed by atoms with E-state index < -0.39 is 10.0 Å². The second-order valence-electron chi connectivity index (χ2n) is 7.84. The number of sulfonamides is 1. The summed E-state index contributed by atoms with van der Waals surface area (Å²) in [7, 11) is -2.02. The Labute approximate surface area is 188 Å². The van der Waals surface area contributed by atoms with Crippen LogP contribution in [0.5, 0.6) is 0 Å². The van der Waals surface area contributed by atoms with Gasteiger partial charge in [-0.05, 0) is 30.7 Å². The molecule has 0 unspecified atom stereocenters. The van der Waals surface area contributed by atoms with E-state index in [1.165, 1.54) is 15.6 Å². The number of nitrogens with zero attached hydrogens (tertiary/aromatic N) is 3. The third-order valence-corrected chi connectivity index (χ3v) is 8.60. The van der Waals surface area contributed by atoms with Gasteiger partial charge in [-0.3, -0.25) is 14.5 Å². The van der Waals surface area contributed by atoms with Crippen molar-refractivity contribution in [1.82, 2.24) is 19.4 Å². The van der Waals surface area contributed by atoms with Crippen molar-refractivity contribution >= 4 is 33.2 Å². The topological polar surface area (TPSA) is 99.3 Å². The molecule has 3 heterocycles. The van der Waals surface area contributed by atoms with Gasteiger partial charge in [0.1, 0.15) is 9.77 Å². The number of carbonyl (C=O) groups excluding carboxylic acids is 2. The van der Waals surface area contributed by atoms with E-state index in [1.54, 1.807) is 23.5 Å². The number of piperazine rings is 1. The summed E-state index contributed by atoms with van der Waals surface area (Å²) in [5.74, 6) is -0.279. The average molecular weight is 473 g/mol. The number of piperidine rings is 1. The van der Waals surface area contributed by atoms with Crippen LogP contribution in [0.15, 0.2) is 16.3 Å². The van der Waals surface area contributed by atoms with Gasteiger partial charge in [0.25, 0.3) is 5.91 Å². The molecule has 31 heavy (non-hydrogen) atoms. The van der Waals surface area contributed by atoms with E-state index in [9.17, 15) is 18.0 Å². The molecule has 9 nitrogen and oxygen atoms in total. The van der Waals surface area contributed by atoms with E-state index in [0.717, 1.165) is 25.7 Å². The Morgan fingerprint density at radius 3 is 2.48 bits per heavy atom. The largest absolute Gasteiger partial charge is 0.385 e. The molecule has 2 aliphatic heterocycles. The van der Waals surface area contributed by atoms with E-state index in [2.05, 4.69) is 5.32 Å². The smallest absolute Gasteiger partial charge is 0.265 e. The van der Waals surface area contributed by atoms with Crippen molar-refractivity contribution in [3.8, 4) is 0 Å². The van der Waals surface area contributed by atoms with Gasteiger partial charge < -0.3 is 15.0 Å². The van der Waals surface area contributed by atoms with Crippen LogP contribution in [0.25, 0.3) is 0 Å². The van der Waals surface area contributed by atoms with Crippen LogP contribution in [0.3, 0.4) is 0 Å². The summed E-state index contributed by atoms with van der Waals surface area (Å²) in [6.45, 7) is 4.61. The number of rotatable bonds is 9. The molecule has 0 saturated carbocycles. The number of hydrogen-bond donors (Lipinski definition) is 1. The van der Waals surface area contributed by atoms with Gasteiger partial charge in [-0.1, -0.05) is 6.42 Å². The van der Waals surface area contributed by atoms with E-state index in [0.29, 0.717) is 59.0 Å². The molecule has 1 N–H and O–H groups in total. The molecule has 0 aromatic carbocycles. The first kappa shape index (κ1) is 24.1. The van der Waals surface area contributed by atoms with Crippen molar-refractivity contribution in [3.63, 3.8) is 0 Å². The lowest BCUT2D eigenvalue weighted by Gasteiger charge is -2.34. The third-order valence-electron chi connectivity index (χ3n) is 5.63. The lowest BCUT2D eigenvalue weighted by Crippen LogP contribution is -2.51. The van der Waals surface area contributed by atoms with E-state index in [1.807, 2.05) is 4.90 Å². The van der Waals surface area contributed by atoms with Crippen LogP contribution in [0.2, 0.25) is 0 Å². The van der Waals surface area contributed by atoms with Gasteiger partial charge in [0, 0.05) is 59.5 Å². The number of amides is 2. The Hall–Kier alpha value is -1.53. The van der Waals surface area contributed by atoms with Crippen LogP contribution < -0.4 is 5.32 Å². The molecule has 2 amide bonds. The number of thiophene rings is 1. The number of carbonyl (C=O) groups is 2. The van der Waals surface area contributed by atoms with Crippen LogP contribution in [0, 0.1) is 0 Å². The maximum atomic E-state index is 13.1.